The Balaban J connectivity index is 2.18. The maximum Gasteiger partial charge on any atom is 0.241 e. The van der Waals surface area contributed by atoms with Crippen LogP contribution in [-0.4, -0.2) is 19.4 Å². The highest BCUT2D eigenvalue weighted by Gasteiger charge is 2.22. The van der Waals surface area contributed by atoms with Crippen molar-refractivity contribution in [3.8, 4) is 0 Å². The van der Waals surface area contributed by atoms with Crippen LogP contribution in [0.15, 0.2) is 23.2 Å². The summed E-state index contributed by atoms with van der Waals surface area (Å²) in [6.45, 7) is 0. The van der Waals surface area contributed by atoms with Gasteiger partial charge in [0.25, 0.3) is 0 Å². The van der Waals surface area contributed by atoms with E-state index in [1.807, 2.05) is 0 Å². The second-order valence-electron chi connectivity index (χ2n) is 4.02. The molecule has 0 saturated heterocycles. The van der Waals surface area contributed by atoms with Gasteiger partial charge in [0.15, 0.2) is 0 Å². The Morgan fingerprint density at radius 2 is 2.06 bits per heavy atom. The molecular weight excluding hydrogens is 226 g/mol. The van der Waals surface area contributed by atoms with Gasteiger partial charge in [0.2, 0.25) is 10.0 Å². The SMILES string of the molecule is Nc1cc(S(=O)(=O)NC2CCCC2)ccn1. The molecule has 1 aromatic rings. The van der Waals surface area contributed by atoms with Crippen molar-refractivity contribution in [2.45, 2.75) is 36.6 Å². The average molecular weight is 241 g/mol. The van der Waals surface area contributed by atoms with E-state index < -0.39 is 10.0 Å². The van der Waals surface area contributed by atoms with Crippen molar-refractivity contribution in [3.05, 3.63) is 18.3 Å². The molecule has 1 saturated carbocycles. The average Bonchev–Trinajstić information content (AvgIpc) is 2.70. The summed E-state index contributed by atoms with van der Waals surface area (Å²) in [6.07, 6.45) is 5.41. The van der Waals surface area contributed by atoms with Crippen LogP contribution < -0.4 is 10.5 Å². The molecule has 5 nitrogen and oxygen atoms in total. The van der Waals surface area contributed by atoms with Crippen molar-refractivity contribution in [3.63, 3.8) is 0 Å². The normalized spacial score (nSPS) is 17.8. The highest BCUT2D eigenvalue weighted by molar-refractivity contribution is 7.89. The first-order valence-electron chi connectivity index (χ1n) is 5.32. The molecule has 0 amide bonds. The molecule has 1 heterocycles. The Kier molecular flexibility index (Phi) is 3.11. The van der Waals surface area contributed by atoms with Crippen molar-refractivity contribution < 1.29 is 8.42 Å². The van der Waals surface area contributed by atoms with Gasteiger partial charge in [-0.3, -0.25) is 0 Å². The van der Waals surface area contributed by atoms with Crippen LogP contribution in [0.25, 0.3) is 0 Å². The summed E-state index contributed by atoms with van der Waals surface area (Å²) in [6, 6.07) is 2.89. The number of rotatable bonds is 3. The number of nitrogens with zero attached hydrogens (tertiary/aromatic N) is 1. The fourth-order valence-corrected chi connectivity index (χ4v) is 3.25. The second-order valence-corrected chi connectivity index (χ2v) is 5.73. The van der Waals surface area contributed by atoms with E-state index in [0.717, 1.165) is 25.7 Å². The van der Waals surface area contributed by atoms with Crippen LogP contribution in [0.2, 0.25) is 0 Å². The van der Waals surface area contributed by atoms with Gasteiger partial charge in [0.05, 0.1) is 4.90 Å². The Morgan fingerprint density at radius 1 is 1.38 bits per heavy atom. The van der Waals surface area contributed by atoms with E-state index in [1.165, 1.54) is 18.3 Å². The largest absolute Gasteiger partial charge is 0.384 e. The number of pyridine rings is 1. The monoisotopic (exact) mass is 241 g/mol. The molecule has 1 aliphatic rings. The quantitative estimate of drug-likeness (QED) is 0.822. The van der Waals surface area contributed by atoms with Crippen molar-refractivity contribution in [2.75, 3.05) is 5.73 Å². The number of nitrogens with one attached hydrogen (secondary N) is 1. The number of anilines is 1. The Bertz CT molecular complexity index is 467. The van der Waals surface area contributed by atoms with Gasteiger partial charge < -0.3 is 5.73 Å². The Morgan fingerprint density at radius 3 is 2.69 bits per heavy atom. The molecule has 2 rings (SSSR count). The summed E-state index contributed by atoms with van der Waals surface area (Å²) < 4.78 is 26.6. The van der Waals surface area contributed by atoms with Crippen LogP contribution in [-0.2, 0) is 10.0 Å². The number of hydrogen-bond donors (Lipinski definition) is 2. The van der Waals surface area contributed by atoms with E-state index >= 15 is 0 Å². The van der Waals surface area contributed by atoms with Crippen molar-refractivity contribution in [1.82, 2.24) is 9.71 Å². The minimum atomic E-state index is -3.44. The van der Waals surface area contributed by atoms with Gasteiger partial charge in [-0.15, -0.1) is 0 Å². The zero-order valence-electron chi connectivity index (χ0n) is 8.89. The molecule has 16 heavy (non-hydrogen) atoms. The highest BCUT2D eigenvalue weighted by atomic mass is 32.2. The fraction of sp³-hybridized carbons (Fsp3) is 0.500. The lowest BCUT2D eigenvalue weighted by molar-refractivity contribution is 0.552. The van der Waals surface area contributed by atoms with Crippen molar-refractivity contribution >= 4 is 15.8 Å². The molecular formula is C10H15N3O2S. The highest BCUT2D eigenvalue weighted by Crippen LogP contribution is 2.20. The summed E-state index contributed by atoms with van der Waals surface area (Å²) in [5, 5.41) is 0. The molecule has 6 heteroatoms. The van der Waals surface area contributed by atoms with Crippen molar-refractivity contribution in [2.24, 2.45) is 0 Å². The molecule has 1 aliphatic carbocycles. The molecule has 0 spiro atoms. The van der Waals surface area contributed by atoms with Crippen molar-refractivity contribution in [1.29, 1.82) is 0 Å². The first-order valence-corrected chi connectivity index (χ1v) is 6.80. The third-order valence-electron chi connectivity index (χ3n) is 2.74. The number of aromatic nitrogens is 1. The number of nitrogen functional groups attached to an aromatic ring is 1. The van der Waals surface area contributed by atoms with E-state index in [4.69, 9.17) is 5.73 Å². The summed E-state index contributed by atoms with van der Waals surface area (Å²) >= 11 is 0. The molecule has 1 aromatic heterocycles. The third kappa shape index (κ3) is 2.51. The molecule has 0 bridgehead atoms. The standard InChI is InChI=1S/C10H15N3O2S/c11-10-7-9(5-6-12-10)16(14,15)13-8-3-1-2-4-8/h5-8,13H,1-4H2,(H2,11,12). The lowest BCUT2D eigenvalue weighted by atomic mass is 10.3. The van der Waals surface area contributed by atoms with E-state index in [2.05, 4.69) is 9.71 Å². The smallest absolute Gasteiger partial charge is 0.241 e. The van der Waals surface area contributed by atoms with Gasteiger partial charge in [0.1, 0.15) is 5.82 Å². The van der Waals surface area contributed by atoms with Gasteiger partial charge >= 0.3 is 0 Å². The maximum atomic E-state index is 11.9. The Hall–Kier alpha value is -1.14. The Labute approximate surface area is 95.1 Å². The van der Waals surface area contributed by atoms with E-state index in [-0.39, 0.29) is 16.8 Å². The van der Waals surface area contributed by atoms with Crippen LogP contribution in [0, 0.1) is 0 Å². The maximum absolute atomic E-state index is 11.9. The van der Waals surface area contributed by atoms with Gasteiger partial charge in [-0.2, -0.15) is 0 Å². The van der Waals surface area contributed by atoms with E-state index in [0.29, 0.717) is 0 Å². The lowest BCUT2D eigenvalue weighted by Gasteiger charge is -2.12. The second kappa shape index (κ2) is 4.39. The molecule has 0 radical (unpaired) electrons. The van der Waals surface area contributed by atoms with Crippen LogP contribution in [0.3, 0.4) is 0 Å². The number of sulfonamides is 1. The van der Waals surface area contributed by atoms with Gasteiger partial charge in [-0.05, 0) is 18.9 Å². The topological polar surface area (TPSA) is 85.1 Å². The van der Waals surface area contributed by atoms with Gasteiger partial charge in [-0.25, -0.2) is 18.1 Å². The zero-order chi connectivity index (χ0) is 11.6. The number of hydrogen-bond acceptors (Lipinski definition) is 4. The molecule has 0 unspecified atom stereocenters. The summed E-state index contributed by atoms with van der Waals surface area (Å²) in [7, 11) is -3.44. The predicted octanol–water partition coefficient (Wildman–Crippen LogP) is 0.885. The van der Waals surface area contributed by atoms with E-state index in [9.17, 15) is 8.42 Å². The van der Waals surface area contributed by atoms with Crippen LogP contribution in [0.1, 0.15) is 25.7 Å². The van der Waals surface area contributed by atoms with Crippen LogP contribution in [0.5, 0.6) is 0 Å². The first kappa shape index (κ1) is 11.3. The summed E-state index contributed by atoms with van der Waals surface area (Å²) in [5.41, 5.74) is 5.46. The molecule has 1 fully saturated rings. The molecule has 3 N–H and O–H groups in total. The minimum absolute atomic E-state index is 0.0689. The predicted molar refractivity (Wildman–Crippen MR) is 61.2 cm³/mol. The third-order valence-corrected chi connectivity index (χ3v) is 4.26. The first-order chi connectivity index (χ1) is 7.58. The zero-order valence-corrected chi connectivity index (χ0v) is 9.70. The van der Waals surface area contributed by atoms with E-state index in [1.54, 1.807) is 0 Å². The van der Waals surface area contributed by atoms with Crippen LogP contribution >= 0.6 is 0 Å². The fourth-order valence-electron chi connectivity index (χ4n) is 1.93. The van der Waals surface area contributed by atoms with Gasteiger partial charge in [0, 0.05) is 18.3 Å². The molecule has 88 valence electrons. The van der Waals surface area contributed by atoms with Crippen LogP contribution in [0.4, 0.5) is 5.82 Å². The van der Waals surface area contributed by atoms with Gasteiger partial charge in [-0.1, -0.05) is 12.8 Å². The molecule has 0 atom stereocenters. The lowest BCUT2D eigenvalue weighted by Crippen LogP contribution is -2.32. The summed E-state index contributed by atoms with van der Waals surface area (Å²) in [4.78, 5) is 3.96. The minimum Gasteiger partial charge on any atom is -0.384 e. The number of nitrogens with two attached hydrogens (primary N) is 1. The molecule has 0 aromatic carbocycles. The molecule has 0 aliphatic heterocycles. The summed E-state index contributed by atoms with van der Waals surface area (Å²) in [5.74, 6) is 0.217.